The molecule has 1 aromatic heterocycles. The monoisotopic (exact) mass is 310 g/mol. The second-order valence-electron chi connectivity index (χ2n) is 4.19. The molecule has 0 atom stereocenters. The predicted octanol–water partition coefficient (Wildman–Crippen LogP) is 2.80. The molecule has 2 aromatic rings. The van der Waals surface area contributed by atoms with E-state index >= 15 is 0 Å². The highest BCUT2D eigenvalue weighted by atomic mass is 35.5. The lowest BCUT2D eigenvalue weighted by atomic mass is 10.1. The topological polar surface area (TPSA) is 80.9 Å². The van der Waals surface area contributed by atoms with Gasteiger partial charge in [0.25, 0.3) is 5.91 Å². The first-order valence-corrected chi connectivity index (χ1v) is 6.54. The van der Waals surface area contributed by atoms with Gasteiger partial charge in [-0.2, -0.15) is 4.98 Å². The molecular weight excluding hydrogens is 299 g/mol. The summed E-state index contributed by atoms with van der Waals surface area (Å²) in [4.78, 5) is 19.0. The lowest BCUT2D eigenvalue weighted by Crippen LogP contribution is -2.16. The quantitative estimate of drug-likeness (QED) is 0.851. The molecule has 0 unspecified atom stereocenters. The molecule has 5 nitrogen and oxygen atoms in total. The minimum Gasteiger partial charge on any atom is -0.365 e. The highest BCUT2D eigenvalue weighted by molar-refractivity contribution is 6.30. The van der Waals surface area contributed by atoms with E-state index in [1.807, 2.05) is 25.1 Å². The number of anilines is 1. The number of rotatable bonds is 4. The number of amides is 1. The van der Waals surface area contributed by atoms with Gasteiger partial charge >= 0.3 is 0 Å². The fourth-order valence-electron chi connectivity index (χ4n) is 1.68. The van der Waals surface area contributed by atoms with Crippen molar-refractivity contribution in [3.05, 3.63) is 51.4 Å². The first-order chi connectivity index (χ1) is 9.47. The predicted molar refractivity (Wildman–Crippen MR) is 79.1 cm³/mol. The smallest absolute Gasteiger partial charge is 0.254 e. The molecule has 20 heavy (non-hydrogen) atoms. The Balaban J connectivity index is 2.24. The van der Waals surface area contributed by atoms with Crippen molar-refractivity contribution in [2.75, 3.05) is 5.32 Å². The molecule has 0 aliphatic rings. The molecule has 1 amide bonds. The van der Waals surface area contributed by atoms with E-state index in [0.717, 1.165) is 11.1 Å². The standard InChI is InChI=1S/C13H12Cl2N4O/c1-7-2-3-9(14)4-8(7)5-17-12-10(11(16)20)6-18-13(15)19-12/h2-4,6H,5H2,1H3,(H2,16,20)(H,17,18,19). The Kier molecular flexibility index (Phi) is 4.42. The van der Waals surface area contributed by atoms with Crippen molar-refractivity contribution in [1.29, 1.82) is 0 Å². The van der Waals surface area contributed by atoms with Crippen LogP contribution >= 0.6 is 23.2 Å². The molecular formula is C13H12Cl2N4O. The summed E-state index contributed by atoms with van der Waals surface area (Å²) in [7, 11) is 0. The van der Waals surface area contributed by atoms with Gasteiger partial charge in [-0.1, -0.05) is 17.7 Å². The maximum absolute atomic E-state index is 11.3. The minimum atomic E-state index is -0.619. The van der Waals surface area contributed by atoms with Crippen molar-refractivity contribution in [3.63, 3.8) is 0 Å². The number of aromatic nitrogens is 2. The fourth-order valence-corrected chi connectivity index (χ4v) is 2.01. The Morgan fingerprint density at radius 1 is 1.40 bits per heavy atom. The van der Waals surface area contributed by atoms with Crippen molar-refractivity contribution in [2.24, 2.45) is 5.73 Å². The van der Waals surface area contributed by atoms with Crippen molar-refractivity contribution in [2.45, 2.75) is 13.5 Å². The highest BCUT2D eigenvalue weighted by Gasteiger charge is 2.11. The third-order valence-electron chi connectivity index (χ3n) is 2.78. The zero-order chi connectivity index (χ0) is 14.7. The molecule has 0 spiro atoms. The van der Waals surface area contributed by atoms with Crippen LogP contribution in [0, 0.1) is 6.92 Å². The molecule has 0 saturated carbocycles. The van der Waals surface area contributed by atoms with Crippen molar-refractivity contribution < 1.29 is 4.79 Å². The van der Waals surface area contributed by atoms with Gasteiger partial charge in [0, 0.05) is 17.8 Å². The maximum Gasteiger partial charge on any atom is 0.254 e. The van der Waals surface area contributed by atoms with E-state index in [1.165, 1.54) is 6.20 Å². The van der Waals surface area contributed by atoms with Gasteiger partial charge in [0.15, 0.2) is 0 Å². The SMILES string of the molecule is Cc1ccc(Cl)cc1CNc1nc(Cl)ncc1C(N)=O. The Morgan fingerprint density at radius 3 is 2.85 bits per heavy atom. The van der Waals surface area contributed by atoms with E-state index in [1.54, 1.807) is 0 Å². The summed E-state index contributed by atoms with van der Waals surface area (Å²) < 4.78 is 0. The number of nitrogens with zero attached hydrogens (tertiary/aromatic N) is 2. The summed E-state index contributed by atoms with van der Waals surface area (Å²) in [5, 5.41) is 3.71. The zero-order valence-electron chi connectivity index (χ0n) is 10.7. The van der Waals surface area contributed by atoms with Gasteiger partial charge in [0.1, 0.15) is 5.82 Å². The second-order valence-corrected chi connectivity index (χ2v) is 4.96. The van der Waals surface area contributed by atoms with Crippen LogP contribution < -0.4 is 11.1 Å². The number of carbonyl (C=O) groups is 1. The third-order valence-corrected chi connectivity index (χ3v) is 3.20. The number of halogens is 2. The van der Waals surface area contributed by atoms with Crippen molar-refractivity contribution in [3.8, 4) is 0 Å². The van der Waals surface area contributed by atoms with Crippen LogP contribution in [0.15, 0.2) is 24.4 Å². The normalized spacial score (nSPS) is 10.3. The number of nitrogens with two attached hydrogens (primary N) is 1. The van der Waals surface area contributed by atoms with Crippen LogP contribution in [0.25, 0.3) is 0 Å². The van der Waals surface area contributed by atoms with Gasteiger partial charge in [-0.25, -0.2) is 4.98 Å². The molecule has 0 radical (unpaired) electrons. The molecule has 0 aliphatic carbocycles. The molecule has 0 bridgehead atoms. The Bertz CT molecular complexity index is 661. The maximum atomic E-state index is 11.3. The van der Waals surface area contributed by atoms with Gasteiger partial charge in [0.05, 0.1) is 5.56 Å². The van der Waals surface area contributed by atoms with E-state index in [-0.39, 0.29) is 10.8 Å². The van der Waals surface area contributed by atoms with E-state index < -0.39 is 5.91 Å². The fraction of sp³-hybridized carbons (Fsp3) is 0.154. The number of aryl methyl sites for hydroxylation is 1. The summed E-state index contributed by atoms with van der Waals surface area (Å²) in [5.74, 6) is -0.316. The van der Waals surface area contributed by atoms with E-state index in [9.17, 15) is 4.79 Å². The first-order valence-electron chi connectivity index (χ1n) is 5.78. The summed E-state index contributed by atoms with van der Waals surface area (Å²) in [6.07, 6.45) is 1.30. The number of primary amides is 1. The summed E-state index contributed by atoms with van der Waals surface area (Å²) in [6, 6.07) is 5.58. The lowest BCUT2D eigenvalue weighted by Gasteiger charge is -2.11. The minimum absolute atomic E-state index is 0.0420. The number of hydrogen-bond acceptors (Lipinski definition) is 4. The van der Waals surface area contributed by atoms with Gasteiger partial charge < -0.3 is 11.1 Å². The second kappa shape index (κ2) is 6.07. The highest BCUT2D eigenvalue weighted by Crippen LogP contribution is 2.18. The van der Waals surface area contributed by atoms with Crippen LogP contribution in [0.5, 0.6) is 0 Å². The average Bonchev–Trinajstić information content (AvgIpc) is 2.39. The largest absolute Gasteiger partial charge is 0.365 e. The average molecular weight is 311 g/mol. The van der Waals surface area contributed by atoms with Crippen LogP contribution in [0.3, 0.4) is 0 Å². The molecule has 104 valence electrons. The van der Waals surface area contributed by atoms with E-state index in [0.29, 0.717) is 17.4 Å². The molecule has 2 rings (SSSR count). The van der Waals surface area contributed by atoms with Crippen LogP contribution in [-0.2, 0) is 6.54 Å². The molecule has 3 N–H and O–H groups in total. The number of hydrogen-bond donors (Lipinski definition) is 2. The number of nitrogens with one attached hydrogen (secondary N) is 1. The van der Waals surface area contributed by atoms with Crippen molar-refractivity contribution in [1.82, 2.24) is 9.97 Å². The Hall–Kier alpha value is -1.85. The van der Waals surface area contributed by atoms with Crippen LogP contribution in [0.2, 0.25) is 10.3 Å². The van der Waals surface area contributed by atoms with Gasteiger partial charge in [-0.15, -0.1) is 0 Å². The number of benzene rings is 1. The van der Waals surface area contributed by atoms with E-state index in [2.05, 4.69) is 15.3 Å². The van der Waals surface area contributed by atoms with Gasteiger partial charge in [0.2, 0.25) is 5.28 Å². The summed E-state index contributed by atoms with van der Waals surface area (Å²) in [5.41, 5.74) is 7.51. The third kappa shape index (κ3) is 3.37. The lowest BCUT2D eigenvalue weighted by molar-refractivity contribution is 0.100. The van der Waals surface area contributed by atoms with Gasteiger partial charge in [-0.3, -0.25) is 4.79 Å². The molecule has 7 heteroatoms. The van der Waals surface area contributed by atoms with Crippen molar-refractivity contribution >= 4 is 34.9 Å². The zero-order valence-corrected chi connectivity index (χ0v) is 12.2. The summed E-state index contributed by atoms with van der Waals surface area (Å²) in [6.45, 7) is 2.41. The first kappa shape index (κ1) is 14.6. The molecule has 1 heterocycles. The Labute approximate surface area is 126 Å². The van der Waals surface area contributed by atoms with Gasteiger partial charge in [-0.05, 0) is 41.8 Å². The molecule has 0 fully saturated rings. The summed E-state index contributed by atoms with van der Waals surface area (Å²) >= 11 is 11.7. The molecule has 0 aliphatic heterocycles. The van der Waals surface area contributed by atoms with Crippen LogP contribution in [-0.4, -0.2) is 15.9 Å². The van der Waals surface area contributed by atoms with Crippen LogP contribution in [0.4, 0.5) is 5.82 Å². The van der Waals surface area contributed by atoms with E-state index in [4.69, 9.17) is 28.9 Å². The molecule has 1 aromatic carbocycles. The Morgan fingerprint density at radius 2 is 2.15 bits per heavy atom. The van der Waals surface area contributed by atoms with Crippen LogP contribution in [0.1, 0.15) is 21.5 Å². The molecule has 0 saturated heterocycles. The number of carbonyl (C=O) groups excluding carboxylic acids is 1.